The molecule has 4 atom stereocenters. The van der Waals surface area contributed by atoms with E-state index in [1.807, 2.05) is 0 Å². The third-order valence-corrected chi connectivity index (χ3v) is 5.01. The van der Waals surface area contributed by atoms with Gasteiger partial charge in [0.25, 0.3) is 0 Å². The standard InChI is InChI=1S/C17H32Cl4O8/c18-1-13(22)5-26-9-17(10-27-6-14(23)2-19,11-28-7-15(24)3-20)12-29-8-16(25)4-21/h13-16,22-25H,1-12H2. The van der Waals surface area contributed by atoms with Crippen LogP contribution in [0.4, 0.5) is 0 Å². The van der Waals surface area contributed by atoms with Crippen molar-refractivity contribution in [1.82, 2.24) is 0 Å². The van der Waals surface area contributed by atoms with Crippen LogP contribution in [0.15, 0.2) is 0 Å². The molecule has 8 nitrogen and oxygen atoms in total. The molecule has 0 aromatic carbocycles. The molecule has 0 saturated carbocycles. The van der Waals surface area contributed by atoms with Crippen LogP contribution in [0.2, 0.25) is 0 Å². The van der Waals surface area contributed by atoms with Crippen molar-refractivity contribution in [2.24, 2.45) is 5.41 Å². The van der Waals surface area contributed by atoms with Crippen molar-refractivity contribution in [3.8, 4) is 0 Å². The summed E-state index contributed by atoms with van der Waals surface area (Å²) >= 11 is 22.3. The molecule has 0 heterocycles. The minimum absolute atomic E-state index is 0.00976. The first-order valence-corrected chi connectivity index (χ1v) is 11.2. The highest BCUT2D eigenvalue weighted by Crippen LogP contribution is 2.22. The van der Waals surface area contributed by atoms with Crippen LogP contribution in [0, 0.1) is 5.41 Å². The quantitative estimate of drug-likeness (QED) is 0.176. The molecule has 0 aromatic rings. The molecule has 0 bridgehead atoms. The summed E-state index contributed by atoms with van der Waals surface area (Å²) < 4.78 is 22.3. The van der Waals surface area contributed by atoms with Crippen LogP contribution >= 0.6 is 46.4 Å². The summed E-state index contributed by atoms with van der Waals surface area (Å²) in [5.74, 6) is 0.0645. The summed E-state index contributed by atoms with van der Waals surface area (Å²) in [5.41, 5.74) is -0.865. The maximum Gasteiger partial charge on any atom is 0.0908 e. The average Bonchev–Trinajstić information content (AvgIpc) is 2.72. The Balaban J connectivity index is 5.05. The summed E-state index contributed by atoms with van der Waals surface area (Å²) in [7, 11) is 0. The molecule has 176 valence electrons. The predicted octanol–water partition coefficient (Wildman–Crippen LogP) is 0.438. The largest absolute Gasteiger partial charge is 0.389 e. The van der Waals surface area contributed by atoms with Gasteiger partial charge in [-0.25, -0.2) is 0 Å². The van der Waals surface area contributed by atoms with Gasteiger partial charge in [-0.2, -0.15) is 0 Å². The first-order valence-electron chi connectivity index (χ1n) is 9.09. The van der Waals surface area contributed by atoms with E-state index in [4.69, 9.17) is 65.4 Å². The first-order chi connectivity index (χ1) is 13.8. The second-order valence-corrected chi connectivity index (χ2v) is 8.03. The summed E-state index contributed by atoms with van der Waals surface area (Å²) in [4.78, 5) is 0. The Morgan fingerprint density at radius 2 is 0.690 bits per heavy atom. The van der Waals surface area contributed by atoms with Crippen molar-refractivity contribution < 1.29 is 39.4 Å². The van der Waals surface area contributed by atoms with Gasteiger partial charge in [-0.05, 0) is 0 Å². The molecule has 0 spiro atoms. The number of aliphatic hydroxyl groups excluding tert-OH is 4. The molecule has 12 heteroatoms. The van der Waals surface area contributed by atoms with Gasteiger partial charge in [0.1, 0.15) is 0 Å². The predicted molar refractivity (Wildman–Crippen MR) is 113 cm³/mol. The van der Waals surface area contributed by atoms with Gasteiger partial charge < -0.3 is 39.4 Å². The Kier molecular flexibility index (Phi) is 18.9. The highest BCUT2D eigenvalue weighted by atomic mass is 35.5. The number of rotatable bonds is 20. The second-order valence-electron chi connectivity index (χ2n) is 6.79. The van der Waals surface area contributed by atoms with Crippen molar-refractivity contribution in [3.63, 3.8) is 0 Å². The Hall–Kier alpha value is 0.840. The van der Waals surface area contributed by atoms with E-state index in [0.717, 1.165) is 0 Å². The average molecular weight is 506 g/mol. The fraction of sp³-hybridized carbons (Fsp3) is 1.00. The van der Waals surface area contributed by atoms with E-state index in [-0.39, 0.29) is 76.4 Å². The lowest BCUT2D eigenvalue weighted by Crippen LogP contribution is -2.44. The molecule has 0 saturated heterocycles. The molecule has 4 unspecified atom stereocenters. The number of hydrogen-bond acceptors (Lipinski definition) is 8. The molecular weight excluding hydrogens is 474 g/mol. The second kappa shape index (κ2) is 18.4. The minimum Gasteiger partial charge on any atom is -0.389 e. The topological polar surface area (TPSA) is 118 Å². The van der Waals surface area contributed by atoms with Crippen LogP contribution in [0.3, 0.4) is 0 Å². The smallest absolute Gasteiger partial charge is 0.0908 e. The van der Waals surface area contributed by atoms with Crippen molar-refractivity contribution in [2.75, 3.05) is 76.4 Å². The van der Waals surface area contributed by atoms with E-state index < -0.39 is 29.8 Å². The van der Waals surface area contributed by atoms with E-state index in [9.17, 15) is 20.4 Å². The molecule has 0 aliphatic carbocycles. The van der Waals surface area contributed by atoms with Gasteiger partial charge in [0.15, 0.2) is 0 Å². The zero-order valence-electron chi connectivity index (χ0n) is 16.2. The van der Waals surface area contributed by atoms with Crippen LogP contribution in [0.1, 0.15) is 0 Å². The molecular formula is C17H32Cl4O8. The van der Waals surface area contributed by atoms with Gasteiger partial charge in [0.05, 0.1) is 106 Å². The summed E-state index contributed by atoms with van der Waals surface area (Å²) in [6.45, 7) is 0.206. The first kappa shape index (κ1) is 29.8. The summed E-state index contributed by atoms with van der Waals surface area (Å²) in [6.07, 6.45) is -3.37. The Morgan fingerprint density at radius 1 is 0.483 bits per heavy atom. The van der Waals surface area contributed by atoms with Crippen LogP contribution in [-0.4, -0.2) is 121 Å². The lowest BCUT2D eigenvalue weighted by atomic mass is 9.92. The highest BCUT2D eigenvalue weighted by molar-refractivity contribution is 6.18. The Morgan fingerprint density at radius 3 is 0.862 bits per heavy atom. The van der Waals surface area contributed by atoms with E-state index in [0.29, 0.717) is 0 Å². The Labute approximate surface area is 191 Å². The van der Waals surface area contributed by atoms with Gasteiger partial charge >= 0.3 is 0 Å². The van der Waals surface area contributed by atoms with Crippen molar-refractivity contribution in [3.05, 3.63) is 0 Å². The normalized spacial score (nSPS) is 18.2. The van der Waals surface area contributed by atoms with E-state index in [1.165, 1.54) is 0 Å². The molecule has 4 N–H and O–H groups in total. The van der Waals surface area contributed by atoms with Gasteiger partial charge in [0, 0.05) is 0 Å². The fourth-order valence-electron chi connectivity index (χ4n) is 2.07. The highest BCUT2D eigenvalue weighted by Gasteiger charge is 2.33. The lowest BCUT2D eigenvalue weighted by Gasteiger charge is -2.34. The third-order valence-electron chi connectivity index (χ3n) is 3.59. The molecule has 0 aliphatic heterocycles. The monoisotopic (exact) mass is 504 g/mol. The SMILES string of the molecule is OC(CCl)COCC(COCC(O)CCl)(COCC(O)CCl)COCC(O)CCl. The molecule has 0 rings (SSSR count). The molecule has 0 amide bonds. The number of halogens is 4. The van der Waals surface area contributed by atoms with Gasteiger partial charge in [0.2, 0.25) is 0 Å². The molecule has 0 aliphatic rings. The van der Waals surface area contributed by atoms with Crippen molar-refractivity contribution >= 4 is 46.4 Å². The third kappa shape index (κ3) is 15.3. The van der Waals surface area contributed by atoms with E-state index >= 15 is 0 Å². The van der Waals surface area contributed by atoms with Crippen LogP contribution in [-0.2, 0) is 18.9 Å². The molecule has 0 fully saturated rings. The van der Waals surface area contributed by atoms with Crippen molar-refractivity contribution in [2.45, 2.75) is 24.4 Å². The van der Waals surface area contributed by atoms with Crippen LogP contribution in [0.25, 0.3) is 0 Å². The maximum atomic E-state index is 9.60. The number of hydrogen-bond donors (Lipinski definition) is 4. The van der Waals surface area contributed by atoms with Crippen LogP contribution in [0.5, 0.6) is 0 Å². The summed E-state index contributed by atoms with van der Waals surface area (Å²) in [5, 5.41) is 38.4. The molecule has 0 radical (unpaired) electrons. The molecule has 29 heavy (non-hydrogen) atoms. The number of ether oxygens (including phenoxy) is 4. The van der Waals surface area contributed by atoms with E-state index in [1.54, 1.807) is 0 Å². The van der Waals surface area contributed by atoms with Gasteiger partial charge in [-0.3, -0.25) is 0 Å². The molecule has 0 aromatic heterocycles. The summed E-state index contributed by atoms with van der Waals surface area (Å²) in [6, 6.07) is 0. The lowest BCUT2D eigenvalue weighted by molar-refractivity contribution is -0.128. The van der Waals surface area contributed by atoms with Gasteiger partial charge in [-0.15, -0.1) is 46.4 Å². The zero-order chi connectivity index (χ0) is 22.1. The fourth-order valence-corrected chi connectivity index (χ4v) is 2.43. The van der Waals surface area contributed by atoms with Crippen LogP contribution < -0.4 is 0 Å². The zero-order valence-corrected chi connectivity index (χ0v) is 19.3. The minimum atomic E-state index is -0.865. The Bertz CT molecular complexity index is 314. The number of alkyl halides is 4. The van der Waals surface area contributed by atoms with E-state index in [2.05, 4.69) is 0 Å². The number of aliphatic hydroxyl groups is 4. The van der Waals surface area contributed by atoms with Gasteiger partial charge in [-0.1, -0.05) is 0 Å². The van der Waals surface area contributed by atoms with Crippen molar-refractivity contribution in [1.29, 1.82) is 0 Å². The maximum absolute atomic E-state index is 9.60.